The fourth-order valence-corrected chi connectivity index (χ4v) is 7.35. The first-order chi connectivity index (χ1) is 21.6. The molecule has 1 amide bonds. The zero-order valence-corrected chi connectivity index (χ0v) is 25.7. The second kappa shape index (κ2) is 12.6. The molecule has 1 saturated carbocycles. The summed E-state index contributed by atoms with van der Waals surface area (Å²) in [6.45, 7) is 3.49. The molecule has 3 heterocycles. The summed E-state index contributed by atoms with van der Waals surface area (Å²) in [6.07, 6.45) is 11.5. The number of amides is 1. The van der Waals surface area contributed by atoms with E-state index in [1.165, 1.54) is 41.2 Å². The van der Waals surface area contributed by atoms with Crippen LogP contribution in [0.4, 0.5) is 5.82 Å². The van der Waals surface area contributed by atoms with E-state index >= 15 is 0 Å². The topological polar surface area (TPSA) is 85.6 Å². The summed E-state index contributed by atoms with van der Waals surface area (Å²) in [5, 5.41) is 12.3. The molecule has 7 rings (SSSR count). The number of ether oxygens (including phenoxy) is 1. The molecule has 2 saturated heterocycles. The smallest absolute Gasteiger partial charge is 0.318 e. The normalized spacial score (nSPS) is 24.0. The van der Waals surface area contributed by atoms with Crippen molar-refractivity contribution in [2.24, 2.45) is 5.92 Å². The molecule has 2 aliphatic heterocycles. The van der Waals surface area contributed by atoms with Crippen LogP contribution in [-0.2, 0) is 17.6 Å². The van der Waals surface area contributed by atoms with Gasteiger partial charge in [-0.1, -0.05) is 48.5 Å². The average molecular weight is 591 g/mol. The van der Waals surface area contributed by atoms with E-state index in [0.29, 0.717) is 56.6 Å². The van der Waals surface area contributed by atoms with Crippen molar-refractivity contribution in [2.45, 2.75) is 69.4 Å². The van der Waals surface area contributed by atoms with E-state index in [-0.39, 0.29) is 11.9 Å². The van der Waals surface area contributed by atoms with Crippen molar-refractivity contribution in [3.63, 3.8) is 0 Å². The number of likely N-dealkylation sites (tertiary alicyclic amines) is 1. The summed E-state index contributed by atoms with van der Waals surface area (Å²) in [5.41, 5.74) is 3.64. The fourth-order valence-electron chi connectivity index (χ4n) is 7.35. The first-order valence-electron chi connectivity index (χ1n) is 16.4. The molecule has 3 atom stereocenters. The quantitative estimate of drug-likeness (QED) is 0.331. The Morgan fingerprint density at radius 2 is 1.91 bits per heavy atom. The molecule has 4 aliphatic rings. The van der Waals surface area contributed by atoms with Crippen molar-refractivity contribution < 1.29 is 9.53 Å². The lowest BCUT2D eigenvalue weighted by Gasteiger charge is -2.42. The van der Waals surface area contributed by atoms with Gasteiger partial charge in [-0.05, 0) is 92.8 Å². The van der Waals surface area contributed by atoms with Crippen molar-refractivity contribution in [1.82, 2.24) is 19.8 Å². The fraction of sp³-hybridized carbons (Fsp3) is 0.500. The van der Waals surface area contributed by atoms with Crippen molar-refractivity contribution in [1.29, 1.82) is 5.26 Å². The van der Waals surface area contributed by atoms with Crippen LogP contribution in [0.25, 0.3) is 10.8 Å². The molecule has 0 bridgehead atoms. The maximum atomic E-state index is 13.1. The maximum absolute atomic E-state index is 13.1. The average Bonchev–Trinajstić information content (AvgIpc) is 3.80. The number of carbonyl (C=O) groups excluding carboxylic acids is 1. The van der Waals surface area contributed by atoms with E-state index in [1.54, 1.807) is 6.08 Å². The van der Waals surface area contributed by atoms with E-state index < -0.39 is 0 Å². The molecule has 1 aromatic heterocycles. The largest absolute Gasteiger partial charge is 0.462 e. The number of fused-ring (bicyclic) bond motifs is 2. The molecule has 3 unspecified atom stereocenters. The van der Waals surface area contributed by atoms with Gasteiger partial charge in [-0.15, -0.1) is 0 Å². The van der Waals surface area contributed by atoms with Crippen LogP contribution in [0.2, 0.25) is 0 Å². The molecular formula is C36H42N6O2. The predicted molar refractivity (Wildman–Crippen MR) is 172 cm³/mol. The molecule has 44 heavy (non-hydrogen) atoms. The van der Waals surface area contributed by atoms with Gasteiger partial charge in [0.2, 0.25) is 5.91 Å². The van der Waals surface area contributed by atoms with Gasteiger partial charge in [0.1, 0.15) is 12.4 Å². The molecule has 0 N–H and O–H groups in total. The van der Waals surface area contributed by atoms with Crippen LogP contribution in [0.1, 0.15) is 61.3 Å². The van der Waals surface area contributed by atoms with Crippen LogP contribution in [0.5, 0.6) is 6.01 Å². The van der Waals surface area contributed by atoms with E-state index in [0.717, 1.165) is 43.7 Å². The van der Waals surface area contributed by atoms with E-state index in [9.17, 15) is 10.1 Å². The molecule has 2 aliphatic carbocycles. The Hall–Kier alpha value is -3.96. The van der Waals surface area contributed by atoms with Crippen LogP contribution in [0.15, 0.2) is 54.6 Å². The molecule has 228 valence electrons. The number of nitriles is 1. The third-order valence-corrected chi connectivity index (χ3v) is 10.1. The molecule has 3 fully saturated rings. The lowest BCUT2D eigenvalue weighted by atomic mass is 9.80. The lowest BCUT2D eigenvalue weighted by Crippen LogP contribution is -2.55. The minimum atomic E-state index is -0.181. The highest BCUT2D eigenvalue weighted by Crippen LogP contribution is 2.39. The van der Waals surface area contributed by atoms with Gasteiger partial charge < -0.3 is 19.4 Å². The van der Waals surface area contributed by atoms with Crippen LogP contribution in [0, 0.1) is 17.2 Å². The number of carbonyl (C=O) groups is 1. The molecule has 0 spiro atoms. The van der Waals surface area contributed by atoms with Crippen LogP contribution >= 0.6 is 0 Å². The van der Waals surface area contributed by atoms with E-state index in [4.69, 9.17) is 14.7 Å². The molecule has 2 aromatic carbocycles. The van der Waals surface area contributed by atoms with Crippen LogP contribution in [0.3, 0.4) is 0 Å². The van der Waals surface area contributed by atoms with Crippen LogP contribution in [-0.4, -0.2) is 77.6 Å². The SMILES string of the molecule is CN1CCCC1COc1nc2c(c(N3CCN(C(=O)/C=C/C4CC4)C(CC#N)C3)n1)CCC(c1cccc3ccccc13)C2. The Morgan fingerprint density at radius 1 is 1.05 bits per heavy atom. The second-order valence-corrected chi connectivity index (χ2v) is 13.0. The highest BCUT2D eigenvalue weighted by Gasteiger charge is 2.34. The van der Waals surface area contributed by atoms with Gasteiger partial charge in [0.25, 0.3) is 0 Å². The summed E-state index contributed by atoms with van der Waals surface area (Å²) < 4.78 is 6.35. The van der Waals surface area contributed by atoms with E-state index in [2.05, 4.69) is 65.4 Å². The van der Waals surface area contributed by atoms with Gasteiger partial charge in [-0.25, -0.2) is 0 Å². The molecule has 8 heteroatoms. The van der Waals surface area contributed by atoms with Crippen molar-refractivity contribution >= 4 is 22.5 Å². The van der Waals surface area contributed by atoms with Gasteiger partial charge in [-0.2, -0.15) is 15.2 Å². The van der Waals surface area contributed by atoms with Crippen LogP contribution < -0.4 is 9.64 Å². The number of hydrogen-bond acceptors (Lipinski definition) is 7. The standard InChI is InChI=1S/C36H42N6O2/c1-40-19-5-8-29(40)24-44-36-38-33-22-27(31-10-4-7-26-6-2-3-9-30(26)31)14-15-32(33)35(39-36)41-20-21-42(28(23-41)17-18-37)34(43)16-13-25-11-12-25/h2-4,6-7,9-10,13,16,25,27-29H,5,8,11-12,14-15,17,19-24H2,1H3/b16-13+. The Labute approximate surface area is 260 Å². The first kappa shape index (κ1) is 28.8. The minimum absolute atomic E-state index is 0.0177. The van der Waals surface area contributed by atoms with Gasteiger partial charge in [-0.3, -0.25) is 4.79 Å². The van der Waals surface area contributed by atoms with Gasteiger partial charge >= 0.3 is 6.01 Å². The van der Waals surface area contributed by atoms with Crippen molar-refractivity contribution in [3.8, 4) is 12.1 Å². The van der Waals surface area contributed by atoms with Crippen molar-refractivity contribution in [2.75, 3.05) is 44.7 Å². The summed E-state index contributed by atoms with van der Waals surface area (Å²) in [5.74, 6) is 1.85. The molecular weight excluding hydrogens is 548 g/mol. The Kier molecular flexibility index (Phi) is 8.22. The summed E-state index contributed by atoms with van der Waals surface area (Å²) >= 11 is 0. The van der Waals surface area contributed by atoms with Crippen molar-refractivity contribution in [3.05, 3.63) is 71.4 Å². The minimum Gasteiger partial charge on any atom is -0.462 e. The highest BCUT2D eigenvalue weighted by atomic mass is 16.5. The second-order valence-electron chi connectivity index (χ2n) is 13.0. The maximum Gasteiger partial charge on any atom is 0.318 e. The third kappa shape index (κ3) is 6.03. The molecule has 0 radical (unpaired) electrons. The molecule has 8 nitrogen and oxygen atoms in total. The number of piperazine rings is 1. The Bertz CT molecular complexity index is 1590. The zero-order chi connectivity index (χ0) is 30.0. The Balaban J connectivity index is 1.18. The lowest BCUT2D eigenvalue weighted by molar-refractivity contribution is -0.128. The van der Waals surface area contributed by atoms with Gasteiger partial charge in [0.05, 0.1) is 24.2 Å². The summed E-state index contributed by atoms with van der Waals surface area (Å²) in [4.78, 5) is 29.7. The number of allylic oxidation sites excluding steroid dienone is 1. The Morgan fingerprint density at radius 3 is 2.73 bits per heavy atom. The van der Waals surface area contributed by atoms with Gasteiger partial charge in [0.15, 0.2) is 0 Å². The van der Waals surface area contributed by atoms with Gasteiger partial charge in [0, 0.05) is 31.2 Å². The number of aromatic nitrogens is 2. The highest BCUT2D eigenvalue weighted by molar-refractivity contribution is 5.88. The number of anilines is 1. The van der Waals surface area contributed by atoms with E-state index in [1.807, 2.05) is 11.0 Å². The predicted octanol–water partition coefficient (Wildman–Crippen LogP) is 5.27. The monoisotopic (exact) mass is 590 g/mol. The summed E-state index contributed by atoms with van der Waals surface area (Å²) in [6, 6.07) is 18.2. The number of hydrogen-bond donors (Lipinski definition) is 0. The number of rotatable bonds is 8. The third-order valence-electron chi connectivity index (χ3n) is 10.1. The number of benzene rings is 2. The zero-order valence-electron chi connectivity index (χ0n) is 25.7. The molecule has 3 aromatic rings. The number of likely N-dealkylation sites (N-methyl/N-ethyl adjacent to an activating group) is 1. The number of nitrogens with zero attached hydrogens (tertiary/aromatic N) is 6. The first-order valence-corrected chi connectivity index (χ1v) is 16.4. The summed E-state index contributed by atoms with van der Waals surface area (Å²) in [7, 11) is 2.16.